The lowest BCUT2D eigenvalue weighted by atomic mass is 10.4. The molecule has 0 radical (unpaired) electrons. The summed E-state index contributed by atoms with van der Waals surface area (Å²) in [6.07, 6.45) is -1.26. The Bertz CT molecular complexity index is 139. The molecule has 0 aliphatic carbocycles. The highest BCUT2D eigenvalue weighted by atomic mass is 16.6. The fourth-order valence-electron chi connectivity index (χ4n) is 0.253. The van der Waals surface area contributed by atoms with Crippen molar-refractivity contribution in [2.45, 2.75) is 13.0 Å². The highest BCUT2D eigenvalue weighted by molar-refractivity contribution is 5.77. The molecule has 0 bridgehead atoms. The van der Waals surface area contributed by atoms with E-state index in [1.165, 1.54) is 6.92 Å². The van der Waals surface area contributed by atoms with Gasteiger partial charge in [-0.15, -0.1) is 0 Å². The number of carbonyl (C=O) groups excluding carboxylic acids is 1. The molecular formula is C5H8O5. The van der Waals surface area contributed by atoms with Crippen molar-refractivity contribution in [3.05, 3.63) is 0 Å². The fraction of sp³-hybridized carbons (Fsp3) is 0.600. The molecule has 0 aromatic rings. The van der Waals surface area contributed by atoms with Crippen molar-refractivity contribution in [1.29, 1.82) is 0 Å². The van der Waals surface area contributed by atoms with Crippen molar-refractivity contribution >= 4 is 11.9 Å². The first kappa shape index (κ1) is 8.90. The summed E-state index contributed by atoms with van der Waals surface area (Å²) in [5, 5.41) is 16.5. The van der Waals surface area contributed by atoms with Crippen LogP contribution in [0.3, 0.4) is 0 Å². The van der Waals surface area contributed by atoms with Crippen LogP contribution in [-0.4, -0.2) is 34.9 Å². The highest BCUT2D eigenvalue weighted by Crippen LogP contribution is 1.85. The lowest BCUT2D eigenvalue weighted by Crippen LogP contribution is -2.22. The van der Waals surface area contributed by atoms with Crippen molar-refractivity contribution in [1.82, 2.24) is 0 Å². The zero-order chi connectivity index (χ0) is 8.15. The summed E-state index contributed by atoms with van der Waals surface area (Å²) in [4.78, 5) is 20.1. The number of hydrogen-bond donors (Lipinski definition) is 2. The van der Waals surface area contributed by atoms with E-state index in [9.17, 15) is 9.59 Å². The van der Waals surface area contributed by atoms with Crippen LogP contribution in [-0.2, 0) is 14.3 Å². The Labute approximate surface area is 57.2 Å². The molecule has 5 nitrogen and oxygen atoms in total. The fourth-order valence-corrected chi connectivity index (χ4v) is 0.253. The van der Waals surface area contributed by atoms with E-state index in [-0.39, 0.29) is 0 Å². The minimum atomic E-state index is -1.26. The topological polar surface area (TPSA) is 83.8 Å². The van der Waals surface area contributed by atoms with Crippen molar-refractivity contribution in [3.8, 4) is 0 Å². The first-order chi connectivity index (χ1) is 4.54. The van der Waals surface area contributed by atoms with Gasteiger partial charge in [-0.1, -0.05) is 0 Å². The summed E-state index contributed by atoms with van der Waals surface area (Å²) < 4.78 is 4.08. The molecule has 0 aromatic heterocycles. The number of rotatable bonds is 3. The Kier molecular flexibility index (Phi) is 3.42. The number of carboxylic acid groups (broad SMARTS) is 1. The molecule has 0 spiro atoms. The molecule has 58 valence electrons. The SMILES string of the molecule is CC(O)C(=O)OCC(=O)O. The molecule has 0 saturated heterocycles. The van der Waals surface area contributed by atoms with Crippen LogP contribution in [0.4, 0.5) is 0 Å². The van der Waals surface area contributed by atoms with Crippen LogP contribution in [0.1, 0.15) is 6.92 Å². The summed E-state index contributed by atoms with van der Waals surface area (Å²) in [5.41, 5.74) is 0. The number of aliphatic hydroxyl groups excluding tert-OH is 1. The lowest BCUT2D eigenvalue weighted by Gasteiger charge is -2.01. The standard InChI is InChI=1S/C5H8O5/c1-3(6)5(9)10-2-4(7)8/h3,6H,2H2,1H3,(H,7,8). The van der Waals surface area contributed by atoms with Crippen molar-refractivity contribution in [2.24, 2.45) is 0 Å². The van der Waals surface area contributed by atoms with Gasteiger partial charge in [0.25, 0.3) is 0 Å². The van der Waals surface area contributed by atoms with Gasteiger partial charge >= 0.3 is 11.9 Å². The third-order valence-electron chi connectivity index (χ3n) is 0.679. The number of aliphatic carboxylic acids is 1. The van der Waals surface area contributed by atoms with E-state index in [1.807, 2.05) is 0 Å². The first-order valence-corrected chi connectivity index (χ1v) is 2.60. The molecule has 0 fully saturated rings. The number of aliphatic hydroxyl groups is 1. The van der Waals surface area contributed by atoms with Gasteiger partial charge in [-0.2, -0.15) is 0 Å². The Hall–Kier alpha value is -1.10. The lowest BCUT2D eigenvalue weighted by molar-refractivity contribution is -0.160. The molecule has 1 unspecified atom stereocenters. The minimum absolute atomic E-state index is 0.705. The Morgan fingerprint density at radius 2 is 2.10 bits per heavy atom. The molecular weight excluding hydrogens is 140 g/mol. The van der Waals surface area contributed by atoms with E-state index < -0.39 is 24.6 Å². The molecule has 0 aliphatic heterocycles. The van der Waals surface area contributed by atoms with E-state index in [0.29, 0.717) is 0 Å². The van der Waals surface area contributed by atoms with E-state index in [2.05, 4.69) is 4.74 Å². The van der Waals surface area contributed by atoms with Gasteiger partial charge in [-0.05, 0) is 6.92 Å². The molecule has 2 N–H and O–H groups in total. The smallest absolute Gasteiger partial charge is 0.341 e. The number of hydrogen-bond acceptors (Lipinski definition) is 4. The zero-order valence-corrected chi connectivity index (χ0v) is 5.40. The normalized spacial score (nSPS) is 12.2. The molecule has 0 amide bonds. The monoisotopic (exact) mass is 148 g/mol. The second-order valence-electron chi connectivity index (χ2n) is 1.68. The average Bonchev–Trinajstić information content (AvgIpc) is 1.82. The summed E-state index contributed by atoms with van der Waals surface area (Å²) in [5.74, 6) is -2.17. The van der Waals surface area contributed by atoms with Crippen molar-refractivity contribution in [2.75, 3.05) is 6.61 Å². The molecule has 1 atom stereocenters. The number of carbonyl (C=O) groups is 2. The second kappa shape index (κ2) is 3.84. The van der Waals surface area contributed by atoms with Gasteiger partial charge in [0.2, 0.25) is 0 Å². The minimum Gasteiger partial charge on any atom is -0.479 e. The quantitative estimate of drug-likeness (QED) is 0.501. The maximum Gasteiger partial charge on any atom is 0.341 e. The van der Waals surface area contributed by atoms with E-state index >= 15 is 0 Å². The molecule has 0 aromatic carbocycles. The van der Waals surface area contributed by atoms with E-state index in [4.69, 9.17) is 10.2 Å². The predicted molar refractivity (Wildman–Crippen MR) is 30.3 cm³/mol. The van der Waals surface area contributed by atoms with Crippen LogP contribution < -0.4 is 0 Å². The van der Waals surface area contributed by atoms with Crippen LogP contribution in [0.25, 0.3) is 0 Å². The summed E-state index contributed by atoms with van der Waals surface area (Å²) in [6, 6.07) is 0. The third kappa shape index (κ3) is 3.85. The van der Waals surface area contributed by atoms with E-state index in [0.717, 1.165) is 0 Å². The van der Waals surface area contributed by atoms with Crippen molar-refractivity contribution in [3.63, 3.8) is 0 Å². The van der Waals surface area contributed by atoms with Gasteiger partial charge in [0.1, 0.15) is 6.10 Å². The summed E-state index contributed by atoms with van der Waals surface area (Å²) in [6.45, 7) is 0.494. The number of ether oxygens (including phenoxy) is 1. The third-order valence-corrected chi connectivity index (χ3v) is 0.679. The number of carboxylic acids is 1. The van der Waals surface area contributed by atoms with Crippen LogP contribution in [0.15, 0.2) is 0 Å². The molecule has 5 heteroatoms. The van der Waals surface area contributed by atoms with Gasteiger partial charge in [0.05, 0.1) is 0 Å². The van der Waals surface area contributed by atoms with Crippen LogP contribution in [0.2, 0.25) is 0 Å². The van der Waals surface area contributed by atoms with Gasteiger partial charge in [0, 0.05) is 0 Å². The van der Waals surface area contributed by atoms with Crippen LogP contribution >= 0.6 is 0 Å². The second-order valence-corrected chi connectivity index (χ2v) is 1.68. The molecule has 0 heterocycles. The largest absolute Gasteiger partial charge is 0.479 e. The predicted octanol–water partition coefficient (Wildman–Crippen LogP) is -1.01. The van der Waals surface area contributed by atoms with Gasteiger partial charge in [-0.25, -0.2) is 9.59 Å². The molecule has 0 rings (SSSR count). The molecule has 10 heavy (non-hydrogen) atoms. The molecule has 0 aliphatic rings. The first-order valence-electron chi connectivity index (χ1n) is 2.60. The summed E-state index contributed by atoms with van der Waals surface area (Å²) in [7, 11) is 0. The van der Waals surface area contributed by atoms with Crippen molar-refractivity contribution < 1.29 is 24.5 Å². The Balaban J connectivity index is 3.50. The molecule has 0 saturated carbocycles. The average molecular weight is 148 g/mol. The van der Waals surface area contributed by atoms with Gasteiger partial charge in [0.15, 0.2) is 6.61 Å². The van der Waals surface area contributed by atoms with Gasteiger partial charge in [-0.3, -0.25) is 0 Å². The maximum atomic E-state index is 10.3. The van der Waals surface area contributed by atoms with Crippen LogP contribution in [0.5, 0.6) is 0 Å². The Morgan fingerprint density at radius 1 is 1.60 bits per heavy atom. The number of esters is 1. The van der Waals surface area contributed by atoms with Gasteiger partial charge < -0.3 is 14.9 Å². The highest BCUT2D eigenvalue weighted by Gasteiger charge is 2.10. The maximum absolute atomic E-state index is 10.3. The summed E-state index contributed by atoms with van der Waals surface area (Å²) >= 11 is 0. The zero-order valence-electron chi connectivity index (χ0n) is 5.40. The Morgan fingerprint density at radius 3 is 2.40 bits per heavy atom. The van der Waals surface area contributed by atoms with Crippen LogP contribution in [0, 0.1) is 0 Å². The van der Waals surface area contributed by atoms with E-state index in [1.54, 1.807) is 0 Å².